The molecule has 39 heavy (non-hydrogen) atoms. The van der Waals surface area contributed by atoms with Crippen LogP contribution in [0.15, 0.2) is 140 Å². The molecule has 0 saturated carbocycles. The maximum absolute atomic E-state index is 2.43. The summed E-state index contributed by atoms with van der Waals surface area (Å²) in [5.41, 5.74) is 11.6. The molecule has 0 amide bonds. The van der Waals surface area contributed by atoms with Crippen LogP contribution in [0.4, 0.5) is 0 Å². The number of hydrogen-bond acceptors (Lipinski definition) is 0. The van der Waals surface area contributed by atoms with Gasteiger partial charge in [0.25, 0.3) is 0 Å². The average molecular weight is 494 g/mol. The maximum atomic E-state index is 2.43. The monoisotopic (exact) mass is 493 g/mol. The summed E-state index contributed by atoms with van der Waals surface area (Å²) >= 11 is 0. The van der Waals surface area contributed by atoms with E-state index in [9.17, 15) is 0 Å². The zero-order valence-electron chi connectivity index (χ0n) is 21.2. The lowest BCUT2D eigenvalue weighted by atomic mass is 9.94. The molecular formula is C38H23N. The summed E-state index contributed by atoms with van der Waals surface area (Å²) < 4.78 is 2.43. The number of para-hydroxylation sites is 1. The van der Waals surface area contributed by atoms with E-state index in [1.54, 1.807) is 0 Å². The Balaban J connectivity index is 1.26. The first-order chi connectivity index (χ1) is 19.4. The first-order valence-electron chi connectivity index (χ1n) is 13.5. The van der Waals surface area contributed by atoms with Crippen molar-refractivity contribution in [3.8, 4) is 39.1 Å². The summed E-state index contributed by atoms with van der Waals surface area (Å²) in [6.07, 6.45) is 0. The van der Waals surface area contributed by atoms with Crippen LogP contribution >= 0.6 is 0 Å². The molecule has 0 aliphatic heterocycles. The first-order valence-corrected chi connectivity index (χ1v) is 13.5. The van der Waals surface area contributed by atoms with E-state index >= 15 is 0 Å². The summed E-state index contributed by atoms with van der Waals surface area (Å²) in [6.45, 7) is 0. The van der Waals surface area contributed by atoms with E-state index in [0.717, 1.165) is 0 Å². The average Bonchev–Trinajstić information content (AvgIpc) is 3.52. The van der Waals surface area contributed by atoms with Crippen LogP contribution < -0.4 is 0 Å². The van der Waals surface area contributed by atoms with Crippen molar-refractivity contribution < 1.29 is 0 Å². The number of fused-ring (bicyclic) bond motifs is 8. The number of benzene rings is 7. The largest absolute Gasteiger partial charge is 0.309 e. The van der Waals surface area contributed by atoms with Gasteiger partial charge in [0.05, 0.1) is 11.0 Å². The summed E-state index contributed by atoms with van der Waals surface area (Å²) in [5.74, 6) is 0. The molecule has 0 saturated heterocycles. The van der Waals surface area contributed by atoms with Gasteiger partial charge in [0.1, 0.15) is 0 Å². The minimum Gasteiger partial charge on any atom is -0.309 e. The van der Waals surface area contributed by atoms with Gasteiger partial charge in [-0.3, -0.25) is 0 Å². The summed E-state index contributed by atoms with van der Waals surface area (Å²) in [6, 6.07) is 51.2. The lowest BCUT2D eigenvalue weighted by molar-refractivity contribution is 1.19. The molecule has 1 aliphatic rings. The van der Waals surface area contributed by atoms with Crippen molar-refractivity contribution in [3.63, 3.8) is 0 Å². The second-order valence-electron chi connectivity index (χ2n) is 10.5. The summed E-state index contributed by atoms with van der Waals surface area (Å²) in [7, 11) is 0. The molecule has 0 radical (unpaired) electrons. The maximum Gasteiger partial charge on any atom is 0.0619 e. The number of rotatable bonds is 2. The molecule has 1 aromatic heterocycles. The van der Waals surface area contributed by atoms with Gasteiger partial charge in [-0.15, -0.1) is 0 Å². The van der Waals surface area contributed by atoms with Crippen LogP contribution in [0.5, 0.6) is 0 Å². The predicted molar refractivity (Wildman–Crippen MR) is 166 cm³/mol. The highest BCUT2D eigenvalue weighted by Gasteiger charge is 2.22. The van der Waals surface area contributed by atoms with Crippen molar-refractivity contribution in [3.05, 3.63) is 140 Å². The van der Waals surface area contributed by atoms with Crippen molar-refractivity contribution in [1.29, 1.82) is 0 Å². The Kier molecular flexibility index (Phi) is 4.11. The Morgan fingerprint density at radius 3 is 1.85 bits per heavy atom. The second kappa shape index (κ2) is 7.69. The smallest absolute Gasteiger partial charge is 0.0619 e. The normalized spacial score (nSPS) is 12.1. The fourth-order valence-electron chi connectivity index (χ4n) is 6.85. The van der Waals surface area contributed by atoms with Crippen LogP contribution in [0, 0.1) is 0 Å². The minimum atomic E-state index is 1.18. The molecular weight excluding hydrogens is 470 g/mol. The SMILES string of the molecule is c1ccc2c(c1)-c1cccc3c(-c4ccc(-n5c6ccccc6c6ccc7ccccc7c65)cc4)ccc-2c13. The van der Waals surface area contributed by atoms with E-state index in [-0.39, 0.29) is 0 Å². The second-order valence-corrected chi connectivity index (χ2v) is 10.5. The highest BCUT2D eigenvalue weighted by molar-refractivity contribution is 6.20. The van der Waals surface area contributed by atoms with Crippen molar-refractivity contribution in [2.24, 2.45) is 0 Å². The van der Waals surface area contributed by atoms with Gasteiger partial charge in [0.2, 0.25) is 0 Å². The molecule has 0 unspecified atom stereocenters. The summed E-state index contributed by atoms with van der Waals surface area (Å²) in [4.78, 5) is 0. The third-order valence-corrected chi connectivity index (χ3v) is 8.54. The Bertz CT molecular complexity index is 2240. The quantitative estimate of drug-likeness (QED) is 0.226. The molecule has 1 aliphatic carbocycles. The minimum absolute atomic E-state index is 1.18. The van der Waals surface area contributed by atoms with Gasteiger partial charge in [0.15, 0.2) is 0 Å². The van der Waals surface area contributed by atoms with Crippen molar-refractivity contribution in [1.82, 2.24) is 4.57 Å². The lowest BCUT2D eigenvalue weighted by Gasteiger charge is -2.13. The van der Waals surface area contributed by atoms with E-state index in [0.29, 0.717) is 0 Å². The molecule has 0 N–H and O–H groups in total. The van der Waals surface area contributed by atoms with Crippen LogP contribution in [-0.4, -0.2) is 4.57 Å². The molecule has 1 nitrogen and oxygen atoms in total. The van der Waals surface area contributed by atoms with E-state index in [4.69, 9.17) is 0 Å². The number of nitrogens with zero attached hydrogens (tertiary/aromatic N) is 1. The lowest BCUT2D eigenvalue weighted by Crippen LogP contribution is -1.94. The third-order valence-electron chi connectivity index (χ3n) is 8.54. The van der Waals surface area contributed by atoms with E-state index in [2.05, 4.69) is 144 Å². The van der Waals surface area contributed by atoms with Crippen molar-refractivity contribution in [2.45, 2.75) is 0 Å². The highest BCUT2D eigenvalue weighted by Crippen LogP contribution is 2.49. The molecule has 0 fully saturated rings. The standard InChI is InChI=1S/C38H23N/c1-2-9-28-24(8-1)18-21-35-31-12-5-6-15-36(31)39(38(28)35)26-19-16-25(17-20-26)27-22-23-34-30-11-4-3-10-29(30)33-14-7-13-32(27)37(33)34/h1-23H. The van der Waals surface area contributed by atoms with Crippen LogP contribution in [0.1, 0.15) is 0 Å². The molecule has 1 heteroatoms. The number of aromatic nitrogens is 1. The fraction of sp³-hybridized carbons (Fsp3) is 0. The Morgan fingerprint density at radius 1 is 0.359 bits per heavy atom. The van der Waals surface area contributed by atoms with Crippen molar-refractivity contribution in [2.75, 3.05) is 0 Å². The molecule has 1 heterocycles. The number of hydrogen-bond donors (Lipinski definition) is 0. The Hall–Kier alpha value is -5.14. The molecule has 180 valence electrons. The van der Waals surface area contributed by atoms with Gasteiger partial charge in [-0.05, 0) is 67.7 Å². The zero-order chi connectivity index (χ0) is 25.5. The highest BCUT2D eigenvalue weighted by atomic mass is 15.0. The topological polar surface area (TPSA) is 4.93 Å². The first kappa shape index (κ1) is 20.9. The van der Waals surface area contributed by atoms with E-state index < -0.39 is 0 Å². The third kappa shape index (κ3) is 2.79. The van der Waals surface area contributed by atoms with Gasteiger partial charge < -0.3 is 4.57 Å². The zero-order valence-corrected chi connectivity index (χ0v) is 21.2. The molecule has 0 bridgehead atoms. The van der Waals surface area contributed by atoms with Crippen LogP contribution in [0.2, 0.25) is 0 Å². The molecule has 7 aromatic carbocycles. The molecule has 8 aromatic rings. The van der Waals surface area contributed by atoms with Gasteiger partial charge >= 0.3 is 0 Å². The summed E-state index contributed by atoms with van der Waals surface area (Å²) in [5, 5.41) is 7.81. The van der Waals surface area contributed by atoms with Gasteiger partial charge in [-0.2, -0.15) is 0 Å². The Morgan fingerprint density at radius 2 is 1.00 bits per heavy atom. The van der Waals surface area contributed by atoms with Gasteiger partial charge in [-0.1, -0.05) is 121 Å². The van der Waals surface area contributed by atoms with E-state index in [1.807, 2.05) is 0 Å². The van der Waals surface area contributed by atoms with Crippen molar-refractivity contribution >= 4 is 43.4 Å². The molecule has 0 atom stereocenters. The van der Waals surface area contributed by atoms with E-state index in [1.165, 1.54) is 82.4 Å². The van der Waals surface area contributed by atoms with Crippen LogP contribution in [0.3, 0.4) is 0 Å². The van der Waals surface area contributed by atoms with Crippen LogP contribution in [-0.2, 0) is 0 Å². The van der Waals surface area contributed by atoms with Gasteiger partial charge in [-0.25, -0.2) is 0 Å². The molecule has 9 rings (SSSR count). The Labute approximate surface area is 226 Å². The predicted octanol–water partition coefficient (Wildman–Crippen LogP) is 10.4. The van der Waals surface area contributed by atoms with Crippen LogP contribution in [0.25, 0.3) is 82.4 Å². The molecule has 0 spiro atoms. The van der Waals surface area contributed by atoms with Gasteiger partial charge in [0, 0.05) is 21.8 Å². The fourth-order valence-corrected chi connectivity index (χ4v) is 6.85.